The number of carbonyl (C=O) groups excluding carboxylic acids is 1. The molecule has 1 aromatic heterocycles. The topological polar surface area (TPSA) is 55.6 Å². The molecule has 0 atom stereocenters. The number of aryl methyl sites for hydroxylation is 1. The van der Waals surface area contributed by atoms with Crippen LogP contribution in [0.1, 0.15) is 16.4 Å². The first-order chi connectivity index (χ1) is 6.77. The number of morpholine rings is 1. The normalized spacial score (nSPS) is 17.1. The van der Waals surface area contributed by atoms with Gasteiger partial charge in [0.05, 0.1) is 19.4 Å². The smallest absolute Gasteiger partial charge is 0.309 e. The van der Waals surface area contributed by atoms with Crippen LogP contribution < -0.4 is 0 Å². The van der Waals surface area contributed by atoms with Crippen molar-refractivity contribution in [2.24, 2.45) is 0 Å². The number of carbonyl (C=O) groups is 1. The molecule has 1 aromatic rings. The van der Waals surface area contributed by atoms with Crippen molar-refractivity contribution in [3.8, 4) is 0 Å². The van der Waals surface area contributed by atoms with Gasteiger partial charge in [-0.3, -0.25) is 4.79 Å². The summed E-state index contributed by atoms with van der Waals surface area (Å²) in [6.07, 6.45) is 1.55. The summed E-state index contributed by atoms with van der Waals surface area (Å²) in [6, 6.07) is 0. The van der Waals surface area contributed by atoms with Crippen LogP contribution in [-0.4, -0.2) is 42.1 Å². The predicted octanol–water partition coefficient (Wildman–Crippen LogP) is 0.455. The van der Waals surface area contributed by atoms with Gasteiger partial charge in [0.1, 0.15) is 5.76 Å². The summed E-state index contributed by atoms with van der Waals surface area (Å²) in [4.78, 5) is 17.3. The lowest BCUT2D eigenvalue weighted by Crippen LogP contribution is -2.40. The van der Waals surface area contributed by atoms with Gasteiger partial charge in [0.15, 0.2) is 0 Å². The van der Waals surface area contributed by atoms with E-state index in [0.717, 1.165) is 0 Å². The second kappa shape index (κ2) is 3.79. The van der Waals surface area contributed by atoms with Crippen molar-refractivity contribution < 1.29 is 13.9 Å². The van der Waals surface area contributed by atoms with Gasteiger partial charge in [-0.1, -0.05) is 0 Å². The zero-order valence-corrected chi connectivity index (χ0v) is 8.02. The highest BCUT2D eigenvalue weighted by Crippen LogP contribution is 2.07. The zero-order valence-electron chi connectivity index (χ0n) is 8.02. The average molecular weight is 196 g/mol. The number of ether oxygens (including phenoxy) is 1. The molecule has 2 heterocycles. The maximum Gasteiger partial charge on any atom is 0.309 e. The lowest BCUT2D eigenvalue weighted by atomic mass is 10.4. The van der Waals surface area contributed by atoms with E-state index in [1.165, 1.54) is 0 Å². The molecule has 0 N–H and O–H groups in total. The van der Waals surface area contributed by atoms with E-state index in [4.69, 9.17) is 9.15 Å². The Kier molecular flexibility index (Phi) is 2.49. The molecule has 1 aliphatic rings. The summed E-state index contributed by atoms with van der Waals surface area (Å²) < 4.78 is 10.3. The molecule has 2 rings (SSSR count). The van der Waals surface area contributed by atoms with Gasteiger partial charge in [-0.2, -0.15) is 0 Å². The fourth-order valence-electron chi connectivity index (χ4n) is 1.36. The maximum atomic E-state index is 11.7. The van der Waals surface area contributed by atoms with Crippen LogP contribution in [0, 0.1) is 6.92 Å². The molecule has 0 spiro atoms. The minimum atomic E-state index is -0.151. The molecule has 0 aromatic carbocycles. The van der Waals surface area contributed by atoms with Gasteiger partial charge in [-0.25, -0.2) is 4.98 Å². The first-order valence-corrected chi connectivity index (χ1v) is 4.57. The molecule has 0 aliphatic carbocycles. The Morgan fingerprint density at radius 1 is 1.50 bits per heavy atom. The molecule has 0 bridgehead atoms. The molecule has 1 saturated heterocycles. The number of hydrogen-bond donors (Lipinski definition) is 0. The highest BCUT2D eigenvalue weighted by Gasteiger charge is 2.22. The van der Waals surface area contributed by atoms with Crippen LogP contribution in [0.3, 0.4) is 0 Å². The standard InChI is InChI=1S/C9H12N2O3/c1-7-6-10-8(14-7)9(12)11-2-4-13-5-3-11/h6H,2-5H2,1H3. The summed E-state index contributed by atoms with van der Waals surface area (Å²) in [6.45, 7) is 4.17. The van der Waals surface area contributed by atoms with Gasteiger partial charge in [0.2, 0.25) is 0 Å². The average Bonchev–Trinajstić information content (AvgIpc) is 2.65. The lowest BCUT2D eigenvalue weighted by molar-refractivity contribution is 0.0277. The number of nitrogens with zero attached hydrogens (tertiary/aromatic N) is 2. The van der Waals surface area contributed by atoms with E-state index in [0.29, 0.717) is 32.1 Å². The Morgan fingerprint density at radius 2 is 2.21 bits per heavy atom. The van der Waals surface area contributed by atoms with Crippen molar-refractivity contribution in [2.45, 2.75) is 6.92 Å². The second-order valence-corrected chi connectivity index (χ2v) is 3.18. The predicted molar refractivity (Wildman–Crippen MR) is 48.0 cm³/mol. The van der Waals surface area contributed by atoms with Crippen molar-refractivity contribution >= 4 is 5.91 Å². The third kappa shape index (κ3) is 1.77. The van der Waals surface area contributed by atoms with Crippen molar-refractivity contribution in [1.29, 1.82) is 0 Å². The van der Waals surface area contributed by atoms with Crippen molar-refractivity contribution in [3.63, 3.8) is 0 Å². The Balaban J connectivity index is 2.07. The quantitative estimate of drug-likeness (QED) is 0.654. The van der Waals surface area contributed by atoms with Gasteiger partial charge in [0, 0.05) is 13.1 Å². The van der Waals surface area contributed by atoms with E-state index >= 15 is 0 Å². The van der Waals surface area contributed by atoms with E-state index in [1.807, 2.05) is 0 Å². The molecule has 5 heteroatoms. The van der Waals surface area contributed by atoms with Crippen LogP contribution in [0.15, 0.2) is 10.6 Å². The number of hydrogen-bond acceptors (Lipinski definition) is 4. The number of rotatable bonds is 1. The summed E-state index contributed by atoms with van der Waals surface area (Å²) in [5.41, 5.74) is 0. The number of amides is 1. The summed E-state index contributed by atoms with van der Waals surface area (Å²) in [7, 11) is 0. The van der Waals surface area contributed by atoms with Gasteiger partial charge in [-0.05, 0) is 6.92 Å². The first kappa shape index (κ1) is 9.21. The van der Waals surface area contributed by atoms with E-state index in [2.05, 4.69) is 4.98 Å². The minimum absolute atomic E-state index is 0.151. The van der Waals surface area contributed by atoms with Crippen LogP contribution in [-0.2, 0) is 4.74 Å². The third-order valence-electron chi connectivity index (χ3n) is 2.10. The second-order valence-electron chi connectivity index (χ2n) is 3.18. The molecular formula is C9H12N2O3. The number of oxazole rings is 1. The van der Waals surface area contributed by atoms with Crippen LogP contribution in [0.2, 0.25) is 0 Å². The first-order valence-electron chi connectivity index (χ1n) is 4.57. The van der Waals surface area contributed by atoms with Crippen LogP contribution >= 0.6 is 0 Å². The third-order valence-corrected chi connectivity index (χ3v) is 2.10. The largest absolute Gasteiger partial charge is 0.438 e. The van der Waals surface area contributed by atoms with Crippen molar-refractivity contribution in [2.75, 3.05) is 26.3 Å². The fourth-order valence-corrected chi connectivity index (χ4v) is 1.36. The summed E-state index contributed by atoms with van der Waals surface area (Å²) >= 11 is 0. The summed E-state index contributed by atoms with van der Waals surface area (Å²) in [5.74, 6) is 0.674. The SMILES string of the molecule is Cc1cnc(C(=O)N2CCOCC2)o1. The Bertz CT molecular complexity index is 329. The Hall–Kier alpha value is -1.36. The molecule has 1 fully saturated rings. The monoisotopic (exact) mass is 196 g/mol. The van der Waals surface area contributed by atoms with Gasteiger partial charge < -0.3 is 14.1 Å². The Labute approximate surface area is 81.7 Å². The minimum Gasteiger partial charge on any atom is -0.438 e. The van der Waals surface area contributed by atoms with Crippen LogP contribution in [0.25, 0.3) is 0 Å². The fraction of sp³-hybridized carbons (Fsp3) is 0.556. The number of aromatic nitrogens is 1. The Morgan fingerprint density at radius 3 is 2.79 bits per heavy atom. The molecule has 14 heavy (non-hydrogen) atoms. The van der Waals surface area contributed by atoms with Gasteiger partial charge >= 0.3 is 5.91 Å². The van der Waals surface area contributed by atoms with Gasteiger partial charge in [0.25, 0.3) is 5.89 Å². The lowest BCUT2D eigenvalue weighted by Gasteiger charge is -2.25. The van der Waals surface area contributed by atoms with Crippen molar-refractivity contribution in [3.05, 3.63) is 17.8 Å². The van der Waals surface area contributed by atoms with E-state index < -0.39 is 0 Å². The zero-order chi connectivity index (χ0) is 9.97. The van der Waals surface area contributed by atoms with E-state index in [1.54, 1.807) is 18.0 Å². The summed E-state index contributed by atoms with van der Waals surface area (Å²) in [5, 5.41) is 0. The van der Waals surface area contributed by atoms with Crippen LogP contribution in [0.4, 0.5) is 0 Å². The van der Waals surface area contributed by atoms with E-state index in [-0.39, 0.29) is 11.8 Å². The highest BCUT2D eigenvalue weighted by molar-refractivity contribution is 5.89. The molecule has 5 nitrogen and oxygen atoms in total. The molecule has 76 valence electrons. The highest BCUT2D eigenvalue weighted by atomic mass is 16.5. The molecule has 1 amide bonds. The van der Waals surface area contributed by atoms with Crippen LogP contribution in [0.5, 0.6) is 0 Å². The molecule has 0 saturated carbocycles. The van der Waals surface area contributed by atoms with E-state index in [9.17, 15) is 4.79 Å². The molecule has 0 unspecified atom stereocenters. The molecule has 0 radical (unpaired) electrons. The maximum absolute atomic E-state index is 11.7. The molecule has 1 aliphatic heterocycles. The molecular weight excluding hydrogens is 184 g/mol. The van der Waals surface area contributed by atoms with Crippen molar-refractivity contribution in [1.82, 2.24) is 9.88 Å². The van der Waals surface area contributed by atoms with Gasteiger partial charge in [-0.15, -0.1) is 0 Å².